The summed E-state index contributed by atoms with van der Waals surface area (Å²) >= 11 is 7.57. The normalized spacial score (nSPS) is 15.1. The van der Waals surface area contributed by atoms with E-state index in [1.807, 2.05) is 24.3 Å². The number of nitrogens with zero attached hydrogens (tertiary/aromatic N) is 4. The van der Waals surface area contributed by atoms with Crippen molar-refractivity contribution in [3.05, 3.63) is 77.6 Å². The number of carbonyl (C=O) groups is 1. The van der Waals surface area contributed by atoms with Crippen molar-refractivity contribution in [2.45, 2.75) is 24.3 Å². The molecule has 0 spiro atoms. The molecule has 0 saturated carbocycles. The summed E-state index contributed by atoms with van der Waals surface area (Å²) < 4.78 is 33.8. The minimum absolute atomic E-state index is 0.0736. The highest BCUT2D eigenvalue weighted by Gasteiger charge is 2.35. The topological polar surface area (TPSA) is 92.7 Å². The minimum atomic E-state index is -3.66. The molecule has 8 nitrogen and oxygen atoms in total. The van der Waals surface area contributed by atoms with Crippen LogP contribution in [-0.4, -0.2) is 48.8 Å². The van der Waals surface area contributed by atoms with Gasteiger partial charge in [-0.2, -0.15) is 4.31 Å². The molecule has 0 aliphatic carbocycles. The number of ether oxygens (including phenoxy) is 1. The predicted octanol–water partition coefficient (Wildman–Crippen LogP) is 4.99. The predicted molar refractivity (Wildman–Crippen MR) is 145 cm³/mol. The van der Waals surface area contributed by atoms with E-state index >= 15 is 0 Å². The monoisotopic (exact) mass is 556 g/mol. The highest BCUT2D eigenvalue weighted by Crippen LogP contribution is 2.34. The van der Waals surface area contributed by atoms with Crippen LogP contribution in [0, 0.1) is 5.92 Å². The number of pyridine rings is 1. The lowest BCUT2D eigenvalue weighted by molar-refractivity contribution is -0.123. The maximum absolute atomic E-state index is 13.8. The van der Waals surface area contributed by atoms with E-state index in [0.717, 1.165) is 15.8 Å². The van der Waals surface area contributed by atoms with Crippen LogP contribution in [0.4, 0.5) is 5.13 Å². The molecule has 2 aromatic carbocycles. The fourth-order valence-corrected chi connectivity index (χ4v) is 7.09. The molecule has 5 rings (SSSR count). The molecule has 11 heteroatoms. The number of aromatic nitrogens is 2. The van der Waals surface area contributed by atoms with Crippen LogP contribution in [0.2, 0.25) is 5.02 Å². The smallest absolute Gasteiger partial charge is 0.243 e. The SMILES string of the molecule is COc1ccc(S(=O)(=O)N2CCC(C(=O)N(Cc3cccnc3)c3nc4ccc(Cl)cc4s3)CC2)cc1. The van der Waals surface area contributed by atoms with Crippen LogP contribution in [0.25, 0.3) is 10.2 Å². The number of thiazole rings is 1. The fraction of sp³-hybridized carbons (Fsp3) is 0.269. The average Bonchev–Trinajstić information content (AvgIpc) is 3.35. The fourth-order valence-electron chi connectivity index (χ4n) is 4.38. The van der Waals surface area contributed by atoms with Gasteiger partial charge < -0.3 is 4.74 Å². The van der Waals surface area contributed by atoms with Crippen molar-refractivity contribution in [1.29, 1.82) is 0 Å². The first-order chi connectivity index (χ1) is 17.8. The first-order valence-corrected chi connectivity index (χ1v) is 14.4. The Labute approximate surface area is 224 Å². The van der Waals surface area contributed by atoms with Gasteiger partial charge in [-0.05, 0) is 66.9 Å². The second-order valence-electron chi connectivity index (χ2n) is 8.75. The van der Waals surface area contributed by atoms with E-state index in [1.165, 1.54) is 22.8 Å². The van der Waals surface area contributed by atoms with Crippen molar-refractivity contribution >= 4 is 54.2 Å². The second-order valence-corrected chi connectivity index (χ2v) is 12.1. The molecule has 1 aliphatic rings. The Balaban J connectivity index is 1.35. The third kappa shape index (κ3) is 5.47. The number of hydrogen-bond donors (Lipinski definition) is 0. The molecule has 192 valence electrons. The summed E-state index contributed by atoms with van der Waals surface area (Å²) in [4.78, 5) is 24.6. The number of piperidine rings is 1. The number of carbonyl (C=O) groups excluding carboxylic acids is 1. The third-order valence-electron chi connectivity index (χ3n) is 6.40. The minimum Gasteiger partial charge on any atom is -0.497 e. The van der Waals surface area contributed by atoms with Gasteiger partial charge in [-0.15, -0.1) is 0 Å². The summed E-state index contributed by atoms with van der Waals surface area (Å²) in [5, 5.41) is 1.19. The zero-order valence-corrected chi connectivity index (χ0v) is 22.5. The first kappa shape index (κ1) is 25.6. The number of benzene rings is 2. The van der Waals surface area contributed by atoms with Gasteiger partial charge in [0, 0.05) is 36.4 Å². The van der Waals surface area contributed by atoms with Crippen molar-refractivity contribution in [2.24, 2.45) is 5.92 Å². The zero-order valence-electron chi connectivity index (χ0n) is 20.1. The van der Waals surface area contributed by atoms with Gasteiger partial charge in [0.05, 0.1) is 28.8 Å². The molecule has 0 atom stereocenters. The van der Waals surface area contributed by atoms with Crippen molar-refractivity contribution < 1.29 is 17.9 Å². The molecule has 0 unspecified atom stereocenters. The van der Waals surface area contributed by atoms with Gasteiger partial charge in [-0.25, -0.2) is 13.4 Å². The summed E-state index contributed by atoms with van der Waals surface area (Å²) in [5.41, 5.74) is 1.65. The Hall–Kier alpha value is -3.05. The molecular formula is C26H25ClN4O4S2. The van der Waals surface area contributed by atoms with E-state index in [-0.39, 0.29) is 29.8 Å². The van der Waals surface area contributed by atoms with Crippen LogP contribution in [0.5, 0.6) is 5.75 Å². The number of amides is 1. The molecule has 2 aromatic heterocycles. The maximum Gasteiger partial charge on any atom is 0.243 e. The molecule has 0 radical (unpaired) electrons. The number of halogens is 1. The Morgan fingerprint density at radius 1 is 1.16 bits per heavy atom. The lowest BCUT2D eigenvalue weighted by atomic mass is 9.96. The van der Waals surface area contributed by atoms with E-state index in [9.17, 15) is 13.2 Å². The summed E-state index contributed by atoms with van der Waals surface area (Å²) in [6.07, 6.45) is 4.27. The summed E-state index contributed by atoms with van der Waals surface area (Å²) in [5.74, 6) is 0.194. The highest BCUT2D eigenvalue weighted by atomic mass is 35.5. The third-order valence-corrected chi connectivity index (χ3v) is 9.59. The van der Waals surface area contributed by atoms with Gasteiger partial charge in [0.15, 0.2) is 5.13 Å². The van der Waals surface area contributed by atoms with E-state index in [2.05, 4.69) is 4.98 Å². The molecular weight excluding hydrogens is 532 g/mol. The van der Waals surface area contributed by atoms with Gasteiger partial charge in [-0.3, -0.25) is 14.7 Å². The van der Waals surface area contributed by atoms with Crippen molar-refractivity contribution in [1.82, 2.24) is 14.3 Å². The van der Waals surface area contributed by atoms with Gasteiger partial charge in [0.2, 0.25) is 15.9 Å². The Bertz CT molecular complexity index is 1500. The quantitative estimate of drug-likeness (QED) is 0.318. The second kappa shape index (κ2) is 10.7. The average molecular weight is 557 g/mol. The van der Waals surface area contributed by atoms with Crippen LogP contribution < -0.4 is 9.64 Å². The van der Waals surface area contributed by atoms with E-state index in [0.29, 0.717) is 35.3 Å². The van der Waals surface area contributed by atoms with Crippen LogP contribution >= 0.6 is 22.9 Å². The lowest BCUT2D eigenvalue weighted by Crippen LogP contribution is -2.44. The molecule has 37 heavy (non-hydrogen) atoms. The Morgan fingerprint density at radius 3 is 2.59 bits per heavy atom. The summed E-state index contributed by atoms with van der Waals surface area (Å²) in [6, 6.07) is 15.6. The van der Waals surface area contributed by atoms with Crippen LogP contribution in [0.3, 0.4) is 0 Å². The number of methoxy groups -OCH3 is 1. The number of sulfonamides is 1. The van der Waals surface area contributed by atoms with Crippen LogP contribution in [-0.2, 0) is 21.4 Å². The number of hydrogen-bond acceptors (Lipinski definition) is 7. The van der Waals surface area contributed by atoms with E-state index < -0.39 is 10.0 Å². The maximum atomic E-state index is 13.8. The van der Waals surface area contributed by atoms with Gasteiger partial charge in [-0.1, -0.05) is 29.0 Å². The van der Waals surface area contributed by atoms with Crippen molar-refractivity contribution in [3.63, 3.8) is 0 Å². The molecule has 3 heterocycles. The van der Waals surface area contributed by atoms with Crippen LogP contribution in [0.1, 0.15) is 18.4 Å². The van der Waals surface area contributed by atoms with Gasteiger partial charge in [0.1, 0.15) is 5.75 Å². The molecule has 0 N–H and O–H groups in total. The van der Waals surface area contributed by atoms with Crippen molar-refractivity contribution in [3.8, 4) is 5.75 Å². The number of anilines is 1. The number of fused-ring (bicyclic) bond motifs is 1. The summed E-state index contributed by atoms with van der Waals surface area (Å²) in [6.45, 7) is 0.854. The largest absolute Gasteiger partial charge is 0.497 e. The first-order valence-electron chi connectivity index (χ1n) is 11.8. The standard InChI is InChI=1S/C26H25ClN4O4S2/c1-35-21-5-7-22(8-6-21)37(33,34)30-13-10-19(11-14-30)25(32)31(17-18-3-2-12-28-16-18)26-29-23-9-4-20(27)15-24(23)36-26/h2-9,12,15-16,19H,10-11,13-14,17H2,1H3. The van der Waals surface area contributed by atoms with Gasteiger partial charge in [0.25, 0.3) is 0 Å². The lowest BCUT2D eigenvalue weighted by Gasteiger charge is -2.33. The van der Waals surface area contributed by atoms with Crippen molar-refractivity contribution in [2.75, 3.05) is 25.1 Å². The zero-order chi connectivity index (χ0) is 26.0. The molecule has 1 aliphatic heterocycles. The molecule has 1 fully saturated rings. The summed E-state index contributed by atoms with van der Waals surface area (Å²) in [7, 11) is -2.12. The molecule has 1 amide bonds. The van der Waals surface area contributed by atoms with E-state index in [4.69, 9.17) is 21.3 Å². The Morgan fingerprint density at radius 2 is 1.92 bits per heavy atom. The molecule has 1 saturated heterocycles. The van der Waals surface area contributed by atoms with E-state index in [1.54, 1.807) is 47.6 Å². The number of rotatable bonds is 7. The molecule has 0 bridgehead atoms. The van der Waals surface area contributed by atoms with Gasteiger partial charge >= 0.3 is 0 Å². The Kier molecular flexibility index (Phi) is 7.43. The highest BCUT2D eigenvalue weighted by molar-refractivity contribution is 7.89. The molecule has 4 aromatic rings. The van der Waals surface area contributed by atoms with Crippen LogP contribution in [0.15, 0.2) is 71.9 Å².